The summed E-state index contributed by atoms with van der Waals surface area (Å²) < 4.78 is 9.62. The topological polar surface area (TPSA) is 47.6 Å². The summed E-state index contributed by atoms with van der Waals surface area (Å²) in [6, 6.07) is 5.21. The van der Waals surface area contributed by atoms with Crippen LogP contribution in [0.5, 0.6) is 0 Å². The highest BCUT2D eigenvalue weighted by Crippen LogP contribution is 2.19. The molecule has 0 aliphatic rings. The van der Waals surface area contributed by atoms with Crippen molar-refractivity contribution in [3.8, 4) is 0 Å². The largest absolute Gasteiger partial charge is 0.447 e. The molecule has 1 amide bonds. The third kappa shape index (κ3) is 4.08. The first kappa shape index (κ1) is 12.8. The van der Waals surface area contributed by atoms with Crippen LogP contribution in [0.4, 0.5) is 10.5 Å². The Morgan fingerprint density at radius 1 is 1.44 bits per heavy atom. The molecule has 88 valence electrons. The quantitative estimate of drug-likeness (QED) is 0.828. The lowest BCUT2D eigenvalue weighted by molar-refractivity contribution is 0.107. The van der Waals surface area contributed by atoms with Crippen LogP contribution >= 0.6 is 11.6 Å². The third-order valence-corrected chi connectivity index (χ3v) is 2.18. The summed E-state index contributed by atoms with van der Waals surface area (Å²) in [6.45, 7) is 2.47. The zero-order chi connectivity index (χ0) is 12.0. The molecule has 1 N–H and O–H groups in total. The number of carbonyl (C=O) groups is 1. The molecule has 0 fully saturated rings. The minimum Gasteiger partial charge on any atom is -0.447 e. The maximum Gasteiger partial charge on any atom is 0.411 e. The second-order valence-electron chi connectivity index (χ2n) is 3.21. The van der Waals surface area contributed by atoms with E-state index in [4.69, 9.17) is 21.1 Å². The molecule has 0 aliphatic carbocycles. The highest BCUT2D eigenvalue weighted by Gasteiger charge is 2.05. The SMILES string of the molecule is COCCOC(=O)Nc1ccc(Cl)cc1C. The molecular weight excluding hydrogens is 230 g/mol. The summed E-state index contributed by atoms with van der Waals surface area (Å²) in [5.41, 5.74) is 1.57. The number of hydrogen-bond acceptors (Lipinski definition) is 3. The van der Waals surface area contributed by atoms with Crippen molar-refractivity contribution >= 4 is 23.4 Å². The molecule has 0 bridgehead atoms. The predicted octanol–water partition coefficient (Wildman–Crippen LogP) is 2.84. The lowest BCUT2D eigenvalue weighted by atomic mass is 10.2. The van der Waals surface area contributed by atoms with Gasteiger partial charge in [0.05, 0.1) is 6.61 Å². The fourth-order valence-corrected chi connectivity index (χ4v) is 1.36. The van der Waals surface area contributed by atoms with E-state index < -0.39 is 6.09 Å². The predicted molar refractivity (Wildman–Crippen MR) is 63.0 cm³/mol. The van der Waals surface area contributed by atoms with Crippen molar-refractivity contribution in [2.45, 2.75) is 6.92 Å². The molecule has 0 unspecified atom stereocenters. The standard InChI is InChI=1S/C11H14ClNO3/c1-8-7-9(12)3-4-10(8)13-11(14)16-6-5-15-2/h3-4,7H,5-6H2,1-2H3,(H,13,14). The number of hydrogen-bond donors (Lipinski definition) is 1. The van der Waals surface area contributed by atoms with E-state index in [1.165, 1.54) is 0 Å². The maximum atomic E-state index is 11.3. The fourth-order valence-electron chi connectivity index (χ4n) is 1.13. The number of carbonyl (C=O) groups excluding carboxylic acids is 1. The third-order valence-electron chi connectivity index (χ3n) is 1.95. The van der Waals surface area contributed by atoms with Crippen molar-refractivity contribution in [2.24, 2.45) is 0 Å². The minimum absolute atomic E-state index is 0.231. The van der Waals surface area contributed by atoms with Crippen molar-refractivity contribution in [1.29, 1.82) is 0 Å². The molecule has 0 saturated heterocycles. The van der Waals surface area contributed by atoms with Gasteiger partial charge in [-0.05, 0) is 30.7 Å². The zero-order valence-electron chi connectivity index (χ0n) is 9.25. The Morgan fingerprint density at radius 2 is 2.19 bits per heavy atom. The first-order valence-electron chi connectivity index (χ1n) is 4.82. The van der Waals surface area contributed by atoms with Crippen molar-refractivity contribution in [3.63, 3.8) is 0 Å². The van der Waals surface area contributed by atoms with Gasteiger partial charge in [0.1, 0.15) is 6.61 Å². The number of rotatable bonds is 4. The number of halogens is 1. The number of amides is 1. The molecule has 4 nitrogen and oxygen atoms in total. The molecule has 0 aliphatic heterocycles. The Balaban J connectivity index is 2.49. The molecule has 0 aromatic heterocycles. The summed E-state index contributed by atoms with van der Waals surface area (Å²) >= 11 is 5.80. The van der Waals surface area contributed by atoms with Crippen molar-refractivity contribution < 1.29 is 14.3 Å². The Kier molecular flexibility index (Phi) is 5.08. The molecule has 5 heteroatoms. The summed E-state index contributed by atoms with van der Waals surface area (Å²) in [5.74, 6) is 0. The van der Waals surface area contributed by atoms with Gasteiger partial charge in [-0.3, -0.25) is 5.32 Å². The first-order chi connectivity index (χ1) is 7.63. The van der Waals surface area contributed by atoms with Crippen LogP contribution < -0.4 is 5.32 Å². The number of benzene rings is 1. The Morgan fingerprint density at radius 3 is 2.81 bits per heavy atom. The van der Waals surface area contributed by atoms with Gasteiger partial charge in [-0.15, -0.1) is 0 Å². The van der Waals surface area contributed by atoms with Crippen LogP contribution in [-0.2, 0) is 9.47 Å². The van der Waals surface area contributed by atoms with Crippen LogP contribution in [0, 0.1) is 6.92 Å². The maximum absolute atomic E-state index is 11.3. The van der Waals surface area contributed by atoms with Gasteiger partial charge in [0.25, 0.3) is 0 Å². The molecule has 1 aromatic rings. The second-order valence-corrected chi connectivity index (χ2v) is 3.65. The van der Waals surface area contributed by atoms with Gasteiger partial charge in [-0.2, -0.15) is 0 Å². The van der Waals surface area contributed by atoms with E-state index in [-0.39, 0.29) is 6.61 Å². The van der Waals surface area contributed by atoms with Crippen molar-refractivity contribution in [1.82, 2.24) is 0 Å². The average Bonchev–Trinajstić information content (AvgIpc) is 2.23. The van der Waals surface area contributed by atoms with Crippen molar-refractivity contribution in [3.05, 3.63) is 28.8 Å². The molecule has 0 saturated carbocycles. The van der Waals surface area contributed by atoms with E-state index >= 15 is 0 Å². The summed E-state index contributed by atoms with van der Waals surface area (Å²) in [6.07, 6.45) is -0.498. The van der Waals surface area contributed by atoms with Gasteiger partial charge in [-0.1, -0.05) is 11.6 Å². The molecule has 0 spiro atoms. The Labute approximate surface area is 99.5 Å². The number of aryl methyl sites for hydroxylation is 1. The van der Waals surface area contributed by atoms with Gasteiger partial charge >= 0.3 is 6.09 Å². The van der Waals surface area contributed by atoms with Crippen molar-refractivity contribution in [2.75, 3.05) is 25.6 Å². The molecule has 16 heavy (non-hydrogen) atoms. The average molecular weight is 244 g/mol. The number of anilines is 1. The lowest BCUT2D eigenvalue weighted by Crippen LogP contribution is -2.16. The van der Waals surface area contributed by atoms with Crippen LogP contribution in [-0.4, -0.2) is 26.4 Å². The molecule has 0 radical (unpaired) electrons. The molecule has 1 aromatic carbocycles. The van der Waals surface area contributed by atoms with E-state index in [9.17, 15) is 4.79 Å². The van der Waals surface area contributed by atoms with Crippen LogP contribution in [0.25, 0.3) is 0 Å². The molecule has 0 heterocycles. The van der Waals surface area contributed by atoms with Gasteiger partial charge < -0.3 is 9.47 Å². The van der Waals surface area contributed by atoms with Gasteiger partial charge in [0.15, 0.2) is 0 Å². The first-order valence-corrected chi connectivity index (χ1v) is 5.20. The van der Waals surface area contributed by atoms with E-state index in [1.54, 1.807) is 25.3 Å². The summed E-state index contributed by atoms with van der Waals surface area (Å²) in [5, 5.41) is 3.26. The van der Waals surface area contributed by atoms with E-state index in [2.05, 4.69) is 5.32 Å². The number of nitrogens with one attached hydrogen (secondary N) is 1. The monoisotopic (exact) mass is 243 g/mol. The van der Waals surface area contributed by atoms with Crippen LogP contribution in [0.15, 0.2) is 18.2 Å². The second kappa shape index (κ2) is 6.35. The van der Waals surface area contributed by atoms with Gasteiger partial charge in [-0.25, -0.2) is 4.79 Å². The molecule has 0 atom stereocenters. The van der Waals surface area contributed by atoms with Crippen LogP contribution in [0.3, 0.4) is 0 Å². The lowest BCUT2D eigenvalue weighted by Gasteiger charge is -2.09. The molecular formula is C11H14ClNO3. The Bertz CT molecular complexity index is 368. The minimum atomic E-state index is -0.498. The highest BCUT2D eigenvalue weighted by molar-refractivity contribution is 6.30. The van der Waals surface area contributed by atoms with Gasteiger partial charge in [0.2, 0.25) is 0 Å². The smallest absolute Gasteiger partial charge is 0.411 e. The highest BCUT2D eigenvalue weighted by atomic mass is 35.5. The van der Waals surface area contributed by atoms with Crippen LogP contribution in [0.1, 0.15) is 5.56 Å². The number of ether oxygens (including phenoxy) is 2. The van der Waals surface area contributed by atoms with E-state index in [0.717, 1.165) is 5.56 Å². The van der Waals surface area contributed by atoms with E-state index in [0.29, 0.717) is 17.3 Å². The number of methoxy groups -OCH3 is 1. The summed E-state index contributed by atoms with van der Waals surface area (Å²) in [4.78, 5) is 11.3. The normalized spacial score (nSPS) is 9.94. The zero-order valence-corrected chi connectivity index (χ0v) is 10.0. The summed E-state index contributed by atoms with van der Waals surface area (Å²) in [7, 11) is 1.55. The Hall–Kier alpha value is -1.26. The van der Waals surface area contributed by atoms with Gasteiger partial charge in [0, 0.05) is 17.8 Å². The molecule has 1 rings (SSSR count). The van der Waals surface area contributed by atoms with Crippen LogP contribution in [0.2, 0.25) is 5.02 Å². The van der Waals surface area contributed by atoms with E-state index in [1.807, 2.05) is 6.92 Å². The fraction of sp³-hybridized carbons (Fsp3) is 0.364.